The first kappa shape index (κ1) is 12.6. The fourth-order valence-corrected chi connectivity index (χ4v) is 1.81. The normalized spacial score (nSPS) is 12.8. The Kier molecular flexibility index (Phi) is 5.19. The van der Waals surface area contributed by atoms with E-state index in [1.807, 2.05) is 0 Å². The van der Waals surface area contributed by atoms with Gasteiger partial charge in [-0.3, -0.25) is 0 Å². The third-order valence-corrected chi connectivity index (χ3v) is 2.87. The zero-order valence-electron chi connectivity index (χ0n) is 8.47. The van der Waals surface area contributed by atoms with Gasteiger partial charge in [0.1, 0.15) is 11.6 Å². The van der Waals surface area contributed by atoms with Gasteiger partial charge in [0, 0.05) is 24.6 Å². The first-order valence-corrected chi connectivity index (χ1v) is 5.62. The smallest absolute Gasteiger partial charge is 0.129 e. The lowest BCUT2D eigenvalue weighted by molar-refractivity contribution is 0.194. The molecule has 0 N–H and O–H groups in total. The quantitative estimate of drug-likeness (QED) is 0.751. The highest BCUT2D eigenvalue weighted by molar-refractivity contribution is 9.09. The molecule has 0 aliphatic heterocycles. The van der Waals surface area contributed by atoms with Crippen LogP contribution < -0.4 is 0 Å². The third kappa shape index (κ3) is 4.26. The van der Waals surface area contributed by atoms with Gasteiger partial charge in [-0.2, -0.15) is 0 Å². The summed E-state index contributed by atoms with van der Waals surface area (Å²) < 4.78 is 30.8. The van der Waals surface area contributed by atoms with Gasteiger partial charge in [-0.25, -0.2) is 8.78 Å². The first-order chi connectivity index (χ1) is 7.13. The maximum Gasteiger partial charge on any atom is 0.129 e. The largest absolute Gasteiger partial charge is 0.385 e. The number of benzene rings is 1. The number of halogens is 3. The summed E-state index contributed by atoms with van der Waals surface area (Å²) in [6.45, 7) is 0.624. The minimum Gasteiger partial charge on any atom is -0.385 e. The Morgan fingerprint density at radius 3 is 2.73 bits per heavy atom. The molecular formula is C11H13BrF2O. The fourth-order valence-electron chi connectivity index (χ4n) is 1.27. The van der Waals surface area contributed by atoms with Crippen LogP contribution in [-0.4, -0.2) is 18.5 Å². The van der Waals surface area contributed by atoms with Crippen molar-refractivity contribution in [1.29, 1.82) is 0 Å². The van der Waals surface area contributed by atoms with Crippen molar-refractivity contribution in [2.75, 3.05) is 13.7 Å². The van der Waals surface area contributed by atoms with Crippen molar-refractivity contribution in [2.24, 2.45) is 0 Å². The molecule has 0 saturated carbocycles. The predicted molar refractivity (Wildman–Crippen MR) is 59.3 cm³/mol. The maximum atomic E-state index is 13.2. The van der Waals surface area contributed by atoms with Crippen LogP contribution in [0.5, 0.6) is 0 Å². The molecular weight excluding hydrogens is 266 g/mol. The standard InChI is InChI=1S/C11H13BrF2O/c1-15-5-4-9(12)6-8-2-3-10(13)7-11(8)14/h2-3,7,9H,4-6H2,1H3. The molecule has 0 aliphatic rings. The van der Waals surface area contributed by atoms with Gasteiger partial charge in [0.25, 0.3) is 0 Å². The molecule has 0 fully saturated rings. The van der Waals surface area contributed by atoms with Crippen molar-refractivity contribution < 1.29 is 13.5 Å². The van der Waals surface area contributed by atoms with Crippen molar-refractivity contribution in [1.82, 2.24) is 0 Å². The van der Waals surface area contributed by atoms with E-state index in [1.165, 1.54) is 12.1 Å². The first-order valence-electron chi connectivity index (χ1n) is 4.70. The van der Waals surface area contributed by atoms with Gasteiger partial charge < -0.3 is 4.74 Å². The van der Waals surface area contributed by atoms with E-state index in [-0.39, 0.29) is 4.83 Å². The number of ether oxygens (including phenoxy) is 1. The highest BCUT2D eigenvalue weighted by Gasteiger charge is 2.09. The van der Waals surface area contributed by atoms with Crippen molar-refractivity contribution in [3.05, 3.63) is 35.4 Å². The van der Waals surface area contributed by atoms with Crippen molar-refractivity contribution in [3.63, 3.8) is 0 Å². The zero-order valence-corrected chi connectivity index (χ0v) is 10.1. The molecule has 1 atom stereocenters. The lowest BCUT2D eigenvalue weighted by Crippen LogP contribution is -2.07. The van der Waals surface area contributed by atoms with Crippen LogP contribution in [-0.2, 0) is 11.2 Å². The van der Waals surface area contributed by atoms with Crippen LogP contribution in [0.25, 0.3) is 0 Å². The van der Waals surface area contributed by atoms with Gasteiger partial charge >= 0.3 is 0 Å². The number of alkyl halides is 1. The number of rotatable bonds is 5. The van der Waals surface area contributed by atoms with Gasteiger partial charge in [-0.1, -0.05) is 22.0 Å². The SMILES string of the molecule is COCCC(Br)Cc1ccc(F)cc1F. The molecule has 0 bridgehead atoms. The van der Waals surface area contributed by atoms with Crippen molar-refractivity contribution in [2.45, 2.75) is 17.7 Å². The number of methoxy groups -OCH3 is 1. The van der Waals surface area contributed by atoms with Crippen LogP contribution in [0.1, 0.15) is 12.0 Å². The monoisotopic (exact) mass is 278 g/mol. The molecule has 0 aliphatic carbocycles. The maximum absolute atomic E-state index is 13.2. The molecule has 0 saturated heterocycles. The molecule has 0 aromatic heterocycles. The van der Waals surface area contributed by atoms with Gasteiger partial charge in [-0.05, 0) is 24.5 Å². The summed E-state index contributed by atoms with van der Waals surface area (Å²) in [6.07, 6.45) is 1.34. The van der Waals surface area contributed by atoms with Crippen LogP contribution in [0.4, 0.5) is 8.78 Å². The minimum atomic E-state index is -0.542. The van der Waals surface area contributed by atoms with Gasteiger partial charge in [0.2, 0.25) is 0 Å². The van der Waals surface area contributed by atoms with Gasteiger partial charge in [0.05, 0.1) is 0 Å². The van der Waals surface area contributed by atoms with Gasteiger partial charge in [-0.15, -0.1) is 0 Å². The molecule has 1 nitrogen and oxygen atoms in total. The van der Waals surface area contributed by atoms with E-state index in [4.69, 9.17) is 4.74 Å². The highest BCUT2D eigenvalue weighted by atomic mass is 79.9. The molecule has 0 spiro atoms. The summed E-state index contributed by atoms with van der Waals surface area (Å²) in [7, 11) is 1.62. The van der Waals surface area contributed by atoms with Crippen LogP contribution in [0, 0.1) is 11.6 Å². The molecule has 15 heavy (non-hydrogen) atoms. The third-order valence-electron chi connectivity index (χ3n) is 2.09. The summed E-state index contributed by atoms with van der Waals surface area (Å²) in [6, 6.07) is 3.66. The Balaban J connectivity index is 2.56. The summed E-state index contributed by atoms with van der Waals surface area (Å²) in [5.41, 5.74) is 0.523. The van der Waals surface area contributed by atoms with E-state index in [0.29, 0.717) is 18.6 Å². The Bertz CT molecular complexity index is 317. The molecule has 0 amide bonds. The molecule has 0 heterocycles. The summed E-state index contributed by atoms with van der Waals surface area (Å²) in [5, 5.41) is 0. The molecule has 1 rings (SSSR count). The second-order valence-electron chi connectivity index (χ2n) is 3.32. The summed E-state index contributed by atoms with van der Waals surface area (Å²) >= 11 is 3.43. The zero-order chi connectivity index (χ0) is 11.3. The number of hydrogen-bond acceptors (Lipinski definition) is 1. The summed E-state index contributed by atoms with van der Waals surface area (Å²) in [4.78, 5) is 0.150. The van der Waals surface area contributed by atoms with Crippen LogP contribution in [0.2, 0.25) is 0 Å². The van der Waals surface area contributed by atoms with E-state index in [0.717, 1.165) is 12.5 Å². The Morgan fingerprint density at radius 2 is 2.13 bits per heavy atom. The van der Waals surface area contributed by atoms with E-state index in [9.17, 15) is 8.78 Å². The second kappa shape index (κ2) is 6.18. The molecule has 0 radical (unpaired) electrons. The van der Waals surface area contributed by atoms with E-state index in [1.54, 1.807) is 7.11 Å². The Hall–Kier alpha value is -0.480. The average molecular weight is 279 g/mol. The van der Waals surface area contributed by atoms with E-state index < -0.39 is 11.6 Å². The fraction of sp³-hybridized carbons (Fsp3) is 0.455. The highest BCUT2D eigenvalue weighted by Crippen LogP contribution is 2.17. The molecule has 84 valence electrons. The minimum absolute atomic E-state index is 0.150. The Labute approximate surface area is 96.6 Å². The number of hydrogen-bond donors (Lipinski definition) is 0. The average Bonchev–Trinajstić information content (AvgIpc) is 2.19. The Morgan fingerprint density at radius 1 is 1.40 bits per heavy atom. The molecule has 4 heteroatoms. The predicted octanol–water partition coefficient (Wildman–Crippen LogP) is 3.31. The molecule has 1 unspecified atom stereocenters. The van der Waals surface area contributed by atoms with Crippen molar-refractivity contribution in [3.8, 4) is 0 Å². The van der Waals surface area contributed by atoms with Gasteiger partial charge in [0.15, 0.2) is 0 Å². The van der Waals surface area contributed by atoms with E-state index >= 15 is 0 Å². The lowest BCUT2D eigenvalue weighted by Gasteiger charge is -2.09. The lowest BCUT2D eigenvalue weighted by atomic mass is 10.1. The topological polar surface area (TPSA) is 9.23 Å². The van der Waals surface area contributed by atoms with Crippen LogP contribution >= 0.6 is 15.9 Å². The van der Waals surface area contributed by atoms with Crippen LogP contribution in [0.3, 0.4) is 0 Å². The van der Waals surface area contributed by atoms with E-state index in [2.05, 4.69) is 15.9 Å². The summed E-state index contributed by atoms with van der Waals surface area (Å²) in [5.74, 6) is -1.03. The molecule has 1 aromatic rings. The second-order valence-corrected chi connectivity index (χ2v) is 4.61. The van der Waals surface area contributed by atoms with Crippen LogP contribution in [0.15, 0.2) is 18.2 Å². The molecule has 1 aromatic carbocycles. The van der Waals surface area contributed by atoms with Crippen molar-refractivity contribution >= 4 is 15.9 Å².